The molecule has 8 heteroatoms. The lowest BCUT2D eigenvalue weighted by molar-refractivity contribution is -0.115. The van der Waals surface area contributed by atoms with Crippen LogP contribution in [0.25, 0.3) is 6.08 Å². The van der Waals surface area contributed by atoms with Gasteiger partial charge in [-0.1, -0.05) is 17.7 Å². The summed E-state index contributed by atoms with van der Waals surface area (Å²) in [5.74, 6) is -0.370. The zero-order chi connectivity index (χ0) is 22.4. The molecule has 2 heterocycles. The number of nitrogens with one attached hydrogen (secondary N) is 1. The van der Waals surface area contributed by atoms with Crippen molar-refractivity contribution >= 4 is 46.7 Å². The van der Waals surface area contributed by atoms with Crippen molar-refractivity contribution in [3.63, 3.8) is 0 Å². The smallest absolute Gasteiger partial charge is 0.330 e. The Kier molecular flexibility index (Phi) is 4.58. The van der Waals surface area contributed by atoms with Gasteiger partial charge in [0.15, 0.2) is 0 Å². The van der Waals surface area contributed by atoms with Crippen LogP contribution in [0, 0.1) is 11.3 Å². The molecule has 3 amide bonds. The third kappa shape index (κ3) is 3.14. The molecule has 0 aliphatic carbocycles. The maximum atomic E-state index is 13.5. The molecular formula is C24H15ClN4O3. The van der Waals surface area contributed by atoms with Crippen molar-refractivity contribution in [2.75, 3.05) is 9.80 Å². The highest BCUT2D eigenvalue weighted by molar-refractivity contribution is 6.31. The fourth-order valence-electron chi connectivity index (χ4n) is 3.92. The second-order valence-electron chi connectivity index (χ2n) is 7.34. The summed E-state index contributed by atoms with van der Waals surface area (Å²) in [4.78, 5) is 29.3. The van der Waals surface area contributed by atoms with E-state index in [2.05, 4.69) is 11.4 Å². The average Bonchev–Trinajstić information content (AvgIpc) is 2.79. The lowest BCUT2D eigenvalue weighted by atomic mass is 9.95. The van der Waals surface area contributed by atoms with Crippen molar-refractivity contribution < 1.29 is 14.7 Å². The van der Waals surface area contributed by atoms with Crippen LogP contribution in [0.1, 0.15) is 11.1 Å². The molecule has 32 heavy (non-hydrogen) atoms. The Balaban J connectivity index is 1.66. The van der Waals surface area contributed by atoms with E-state index in [-0.39, 0.29) is 5.75 Å². The standard InChI is InChI=1S/C24H15ClN4O3/c25-16-3-5-18(6-4-16)29-23(31)20-12-15-2-1-14(13-26)11-21(15)28(22(20)27-24(29)32)17-7-9-19(30)10-8-17/h1-12,22,30H,(H,27,32). The summed E-state index contributed by atoms with van der Waals surface area (Å²) in [7, 11) is 0. The predicted molar refractivity (Wildman–Crippen MR) is 121 cm³/mol. The molecule has 0 spiro atoms. The summed E-state index contributed by atoms with van der Waals surface area (Å²) in [6.07, 6.45) is 0.937. The third-order valence-electron chi connectivity index (χ3n) is 5.41. The van der Waals surface area contributed by atoms with Crippen LogP contribution in [0.15, 0.2) is 72.3 Å². The quantitative estimate of drug-likeness (QED) is 0.607. The Morgan fingerprint density at radius 2 is 1.66 bits per heavy atom. The van der Waals surface area contributed by atoms with E-state index in [9.17, 15) is 20.0 Å². The normalized spacial score (nSPS) is 17.1. The molecule has 1 unspecified atom stereocenters. The van der Waals surface area contributed by atoms with Crippen LogP contribution in [0.4, 0.5) is 21.9 Å². The Labute approximate surface area is 188 Å². The number of urea groups is 1. The molecule has 7 nitrogen and oxygen atoms in total. The Morgan fingerprint density at radius 1 is 0.969 bits per heavy atom. The second kappa shape index (κ2) is 7.45. The van der Waals surface area contributed by atoms with E-state index < -0.39 is 18.1 Å². The van der Waals surface area contributed by atoms with Gasteiger partial charge in [-0.05, 0) is 72.3 Å². The van der Waals surface area contributed by atoms with Gasteiger partial charge in [0.05, 0.1) is 28.6 Å². The minimum Gasteiger partial charge on any atom is -0.508 e. The fraction of sp³-hybridized carbons (Fsp3) is 0.0417. The molecule has 0 radical (unpaired) electrons. The number of halogens is 1. The monoisotopic (exact) mass is 442 g/mol. The molecule has 1 saturated heterocycles. The number of hydrogen-bond acceptors (Lipinski definition) is 5. The van der Waals surface area contributed by atoms with E-state index in [0.717, 1.165) is 10.5 Å². The van der Waals surface area contributed by atoms with E-state index in [4.69, 9.17) is 11.6 Å². The van der Waals surface area contributed by atoms with Gasteiger partial charge in [-0.15, -0.1) is 0 Å². The summed E-state index contributed by atoms with van der Waals surface area (Å²) in [6, 6.07) is 19.5. The molecule has 0 saturated carbocycles. The molecule has 3 aromatic carbocycles. The lowest BCUT2D eigenvalue weighted by Crippen LogP contribution is -2.62. The van der Waals surface area contributed by atoms with Crippen LogP contribution >= 0.6 is 11.6 Å². The van der Waals surface area contributed by atoms with Gasteiger partial charge < -0.3 is 15.3 Å². The number of amides is 3. The van der Waals surface area contributed by atoms with E-state index in [0.29, 0.717) is 33.2 Å². The van der Waals surface area contributed by atoms with Gasteiger partial charge in [0.1, 0.15) is 11.9 Å². The van der Waals surface area contributed by atoms with E-state index >= 15 is 0 Å². The van der Waals surface area contributed by atoms with Crippen molar-refractivity contribution in [2.45, 2.75) is 6.17 Å². The molecule has 2 aliphatic heterocycles. The average molecular weight is 443 g/mol. The summed E-state index contributed by atoms with van der Waals surface area (Å²) in [5, 5.41) is 22.5. The van der Waals surface area contributed by atoms with Crippen LogP contribution in [0.2, 0.25) is 5.02 Å². The van der Waals surface area contributed by atoms with Gasteiger partial charge in [-0.2, -0.15) is 5.26 Å². The number of fused-ring (bicyclic) bond motifs is 2. The number of carbonyl (C=O) groups excluding carboxylic acids is 2. The number of benzene rings is 3. The number of hydrogen-bond donors (Lipinski definition) is 2. The highest BCUT2D eigenvalue weighted by Gasteiger charge is 2.43. The van der Waals surface area contributed by atoms with Gasteiger partial charge in [-0.3, -0.25) is 4.79 Å². The molecule has 1 fully saturated rings. The van der Waals surface area contributed by atoms with Gasteiger partial charge in [0.2, 0.25) is 0 Å². The second-order valence-corrected chi connectivity index (χ2v) is 7.78. The van der Waals surface area contributed by atoms with E-state index in [1.807, 2.05) is 0 Å². The first-order valence-corrected chi connectivity index (χ1v) is 10.1. The number of nitriles is 1. The Hall–Kier alpha value is -4.28. The number of phenolic OH excluding ortho intramolecular Hbond substituents is 1. The maximum Gasteiger partial charge on any atom is 0.330 e. The summed E-state index contributed by atoms with van der Waals surface area (Å²) in [5.41, 5.74) is 3.24. The highest BCUT2D eigenvalue weighted by Crippen LogP contribution is 2.41. The largest absolute Gasteiger partial charge is 0.508 e. The fourth-order valence-corrected chi connectivity index (χ4v) is 4.04. The van der Waals surface area contributed by atoms with Crippen LogP contribution in [0.5, 0.6) is 5.75 Å². The topological polar surface area (TPSA) is 96.7 Å². The number of phenols is 1. The predicted octanol–water partition coefficient (Wildman–Crippen LogP) is 4.53. The molecule has 5 rings (SSSR count). The SMILES string of the molecule is N#Cc1ccc2c(c1)N(c1ccc(O)cc1)C1NC(=O)N(c3ccc(Cl)cc3)C(=O)C1=C2. The molecule has 1 atom stereocenters. The van der Waals surface area contributed by atoms with Gasteiger partial charge in [0, 0.05) is 10.7 Å². The zero-order valence-corrected chi connectivity index (χ0v) is 17.2. The molecule has 0 aromatic heterocycles. The summed E-state index contributed by atoms with van der Waals surface area (Å²) >= 11 is 5.95. The number of nitrogens with zero attached hydrogens (tertiary/aromatic N) is 3. The molecule has 2 aliphatic rings. The minimum atomic E-state index is -0.787. The van der Waals surface area contributed by atoms with E-state index in [1.54, 1.807) is 65.6 Å². The molecule has 2 N–H and O–H groups in total. The Bertz CT molecular complexity index is 1330. The van der Waals surface area contributed by atoms with Gasteiger partial charge >= 0.3 is 6.03 Å². The van der Waals surface area contributed by atoms with Crippen molar-refractivity contribution in [3.8, 4) is 11.8 Å². The zero-order valence-electron chi connectivity index (χ0n) is 16.5. The molecule has 156 valence electrons. The first-order chi connectivity index (χ1) is 15.5. The van der Waals surface area contributed by atoms with Crippen LogP contribution in [0.3, 0.4) is 0 Å². The first kappa shape index (κ1) is 19.7. The number of imide groups is 1. The van der Waals surface area contributed by atoms with Crippen molar-refractivity contribution in [1.29, 1.82) is 5.26 Å². The van der Waals surface area contributed by atoms with Crippen LogP contribution in [-0.4, -0.2) is 23.2 Å². The van der Waals surface area contributed by atoms with Crippen LogP contribution in [-0.2, 0) is 4.79 Å². The van der Waals surface area contributed by atoms with Gasteiger partial charge in [-0.25, -0.2) is 9.69 Å². The van der Waals surface area contributed by atoms with Crippen molar-refractivity contribution in [2.24, 2.45) is 0 Å². The number of carbonyl (C=O) groups is 2. The van der Waals surface area contributed by atoms with Crippen molar-refractivity contribution in [3.05, 3.63) is 88.5 Å². The minimum absolute atomic E-state index is 0.0881. The number of aromatic hydroxyl groups is 1. The van der Waals surface area contributed by atoms with E-state index in [1.165, 1.54) is 12.1 Å². The molecule has 0 bridgehead atoms. The molecular weight excluding hydrogens is 428 g/mol. The maximum absolute atomic E-state index is 13.5. The Morgan fingerprint density at radius 3 is 2.34 bits per heavy atom. The number of anilines is 3. The lowest BCUT2D eigenvalue weighted by Gasteiger charge is -2.43. The highest BCUT2D eigenvalue weighted by atomic mass is 35.5. The summed E-state index contributed by atoms with van der Waals surface area (Å²) in [6.45, 7) is 0. The first-order valence-electron chi connectivity index (χ1n) is 9.71. The van der Waals surface area contributed by atoms with Crippen LogP contribution < -0.4 is 15.1 Å². The van der Waals surface area contributed by atoms with Gasteiger partial charge in [0.25, 0.3) is 5.91 Å². The van der Waals surface area contributed by atoms with Crippen molar-refractivity contribution in [1.82, 2.24) is 5.32 Å². The summed E-state index contributed by atoms with van der Waals surface area (Å²) < 4.78 is 0. The number of rotatable bonds is 2. The molecule has 3 aromatic rings. The third-order valence-corrected chi connectivity index (χ3v) is 5.66.